The van der Waals surface area contributed by atoms with Crippen LogP contribution in [0.3, 0.4) is 0 Å². The van der Waals surface area contributed by atoms with Gasteiger partial charge in [0.05, 0.1) is 5.69 Å². The van der Waals surface area contributed by atoms with E-state index < -0.39 is 17.7 Å². The topological polar surface area (TPSA) is 100 Å². The number of aromatic nitrogens is 1. The van der Waals surface area contributed by atoms with Gasteiger partial charge in [0.15, 0.2) is 5.15 Å². The highest BCUT2D eigenvalue weighted by Crippen LogP contribution is 2.17. The summed E-state index contributed by atoms with van der Waals surface area (Å²) in [5.41, 5.74) is 0.216. The summed E-state index contributed by atoms with van der Waals surface area (Å²) in [6, 6.07) is 3.08. The third-order valence-corrected chi connectivity index (χ3v) is 3.46. The summed E-state index contributed by atoms with van der Waals surface area (Å²) in [6.07, 6.45) is 2.75. The number of halogens is 1. The fraction of sp³-hybridized carbons (Fsp3) is 0.385. The van der Waals surface area contributed by atoms with Crippen LogP contribution in [0.25, 0.3) is 0 Å². The zero-order valence-corrected chi connectivity index (χ0v) is 11.9. The highest BCUT2D eigenvalue weighted by Gasteiger charge is 2.25. The average Bonchev–Trinajstić information content (AvgIpc) is 2.50. The van der Waals surface area contributed by atoms with E-state index in [-0.39, 0.29) is 16.8 Å². The zero-order chi connectivity index (χ0) is 15.2. The number of pyridine rings is 1. The lowest BCUT2D eigenvalue weighted by molar-refractivity contribution is -0.141. The van der Waals surface area contributed by atoms with Crippen LogP contribution in [0.15, 0.2) is 18.3 Å². The molecular weight excluding hydrogens is 296 g/mol. The second-order valence-corrected chi connectivity index (χ2v) is 5.00. The highest BCUT2D eigenvalue weighted by molar-refractivity contribution is 6.43. The molecule has 1 fully saturated rings. The lowest BCUT2D eigenvalue weighted by Crippen LogP contribution is -2.44. The minimum absolute atomic E-state index is 0.0725. The standard InChI is InChI=1S/C13H15ClN4O3/c14-10-9(2-1-5-16-10)17-12(20)13(21)18-11(19)8-3-6-15-7-4-8/h1-2,5,8,15H,3-4,6-7H2,(H,17,20)(H,18,19,21). The molecule has 8 heteroatoms. The van der Waals surface area contributed by atoms with Crippen LogP contribution < -0.4 is 16.0 Å². The van der Waals surface area contributed by atoms with Crippen molar-refractivity contribution in [1.29, 1.82) is 0 Å². The lowest BCUT2D eigenvalue weighted by atomic mass is 9.97. The molecule has 0 bridgehead atoms. The van der Waals surface area contributed by atoms with Crippen molar-refractivity contribution in [3.05, 3.63) is 23.5 Å². The number of nitrogens with one attached hydrogen (secondary N) is 3. The number of amides is 3. The Morgan fingerprint density at radius 2 is 1.95 bits per heavy atom. The van der Waals surface area contributed by atoms with E-state index in [9.17, 15) is 14.4 Å². The fourth-order valence-electron chi connectivity index (χ4n) is 2.01. The van der Waals surface area contributed by atoms with E-state index in [0.717, 1.165) is 13.1 Å². The zero-order valence-electron chi connectivity index (χ0n) is 11.2. The Balaban J connectivity index is 1.89. The number of carbonyl (C=O) groups is 3. The van der Waals surface area contributed by atoms with Crippen molar-refractivity contribution < 1.29 is 14.4 Å². The molecule has 112 valence electrons. The molecule has 0 unspecified atom stereocenters. The monoisotopic (exact) mass is 310 g/mol. The van der Waals surface area contributed by atoms with Crippen molar-refractivity contribution in [2.45, 2.75) is 12.8 Å². The van der Waals surface area contributed by atoms with Crippen LogP contribution in [0.2, 0.25) is 5.15 Å². The van der Waals surface area contributed by atoms with Crippen LogP contribution >= 0.6 is 11.6 Å². The van der Waals surface area contributed by atoms with Gasteiger partial charge in [-0.05, 0) is 38.1 Å². The summed E-state index contributed by atoms with van der Waals surface area (Å²) in [6.45, 7) is 1.45. The van der Waals surface area contributed by atoms with E-state index in [2.05, 4.69) is 20.9 Å². The minimum Gasteiger partial charge on any atom is -0.317 e. The summed E-state index contributed by atoms with van der Waals surface area (Å²) >= 11 is 5.77. The van der Waals surface area contributed by atoms with Crippen molar-refractivity contribution in [2.24, 2.45) is 5.92 Å². The Hall–Kier alpha value is -1.99. The molecule has 0 aliphatic carbocycles. The molecule has 21 heavy (non-hydrogen) atoms. The van der Waals surface area contributed by atoms with Crippen LogP contribution in [-0.4, -0.2) is 35.8 Å². The van der Waals surface area contributed by atoms with Gasteiger partial charge in [0.2, 0.25) is 5.91 Å². The van der Waals surface area contributed by atoms with Gasteiger partial charge in [0.25, 0.3) is 0 Å². The summed E-state index contributed by atoms with van der Waals surface area (Å²) in [7, 11) is 0. The first-order chi connectivity index (χ1) is 10.1. The number of rotatable bonds is 2. The first kappa shape index (κ1) is 15.4. The molecule has 1 aliphatic rings. The summed E-state index contributed by atoms with van der Waals surface area (Å²) in [4.78, 5) is 39.0. The molecule has 3 amide bonds. The molecule has 1 aliphatic heterocycles. The molecule has 0 spiro atoms. The third kappa shape index (κ3) is 4.24. The van der Waals surface area contributed by atoms with Gasteiger partial charge in [-0.2, -0.15) is 0 Å². The van der Waals surface area contributed by atoms with Gasteiger partial charge in [-0.3, -0.25) is 19.7 Å². The van der Waals surface area contributed by atoms with Gasteiger partial charge in [0.1, 0.15) is 0 Å². The summed E-state index contributed by atoms with van der Waals surface area (Å²) in [5, 5.41) is 7.61. The van der Waals surface area contributed by atoms with Crippen LogP contribution in [0, 0.1) is 5.92 Å². The second-order valence-electron chi connectivity index (χ2n) is 4.64. The van der Waals surface area contributed by atoms with Gasteiger partial charge in [-0.25, -0.2) is 4.98 Å². The molecule has 1 aromatic rings. The van der Waals surface area contributed by atoms with E-state index in [1.807, 2.05) is 0 Å². The van der Waals surface area contributed by atoms with E-state index in [4.69, 9.17) is 11.6 Å². The quantitative estimate of drug-likeness (QED) is 0.539. The molecule has 3 N–H and O–H groups in total. The Kier molecular flexibility index (Phi) is 5.24. The van der Waals surface area contributed by atoms with Crippen molar-refractivity contribution in [3.63, 3.8) is 0 Å². The predicted octanol–water partition coefficient (Wildman–Crippen LogP) is 0.316. The van der Waals surface area contributed by atoms with Gasteiger partial charge < -0.3 is 10.6 Å². The average molecular weight is 311 g/mol. The number of nitrogens with zero attached hydrogens (tertiary/aromatic N) is 1. The maximum atomic E-state index is 11.9. The maximum Gasteiger partial charge on any atom is 0.316 e. The number of piperidine rings is 1. The number of carbonyl (C=O) groups excluding carboxylic acids is 3. The lowest BCUT2D eigenvalue weighted by Gasteiger charge is -2.21. The molecule has 0 aromatic carbocycles. The Morgan fingerprint density at radius 3 is 2.62 bits per heavy atom. The Bertz CT molecular complexity index is 558. The second kappa shape index (κ2) is 7.14. The van der Waals surface area contributed by atoms with Crippen LogP contribution in [0.4, 0.5) is 5.69 Å². The van der Waals surface area contributed by atoms with Crippen LogP contribution in [0.5, 0.6) is 0 Å². The minimum atomic E-state index is -1.00. The largest absolute Gasteiger partial charge is 0.317 e. The highest BCUT2D eigenvalue weighted by atomic mass is 35.5. The first-order valence-electron chi connectivity index (χ1n) is 6.55. The number of hydrogen-bond donors (Lipinski definition) is 3. The molecule has 2 heterocycles. The molecule has 7 nitrogen and oxygen atoms in total. The van der Waals surface area contributed by atoms with E-state index in [1.165, 1.54) is 12.3 Å². The molecule has 0 saturated carbocycles. The van der Waals surface area contributed by atoms with E-state index in [0.29, 0.717) is 12.8 Å². The molecule has 1 aromatic heterocycles. The van der Waals surface area contributed by atoms with Crippen molar-refractivity contribution >= 4 is 35.0 Å². The van der Waals surface area contributed by atoms with Gasteiger partial charge >= 0.3 is 11.8 Å². The SMILES string of the molecule is O=C(NC(=O)C1CCNCC1)C(=O)Nc1cccnc1Cl. The Labute approximate surface area is 126 Å². The fourth-order valence-corrected chi connectivity index (χ4v) is 2.18. The van der Waals surface area contributed by atoms with Gasteiger partial charge in [0, 0.05) is 12.1 Å². The molecule has 2 rings (SSSR count). The van der Waals surface area contributed by atoms with E-state index in [1.54, 1.807) is 6.07 Å². The first-order valence-corrected chi connectivity index (χ1v) is 6.93. The van der Waals surface area contributed by atoms with Crippen molar-refractivity contribution in [3.8, 4) is 0 Å². The smallest absolute Gasteiger partial charge is 0.316 e. The summed E-state index contributed by atoms with van der Waals surface area (Å²) in [5.74, 6) is -2.62. The van der Waals surface area contributed by atoms with Crippen molar-refractivity contribution in [1.82, 2.24) is 15.6 Å². The number of anilines is 1. The number of hydrogen-bond acceptors (Lipinski definition) is 5. The number of imide groups is 1. The Morgan fingerprint density at radius 1 is 1.24 bits per heavy atom. The normalized spacial score (nSPS) is 15.3. The third-order valence-electron chi connectivity index (χ3n) is 3.16. The predicted molar refractivity (Wildman–Crippen MR) is 76.6 cm³/mol. The molecule has 1 saturated heterocycles. The summed E-state index contributed by atoms with van der Waals surface area (Å²) < 4.78 is 0. The van der Waals surface area contributed by atoms with Gasteiger partial charge in [-0.1, -0.05) is 11.6 Å². The molecular formula is C13H15ClN4O3. The van der Waals surface area contributed by atoms with Crippen molar-refractivity contribution in [2.75, 3.05) is 18.4 Å². The molecule has 0 atom stereocenters. The van der Waals surface area contributed by atoms with Crippen LogP contribution in [-0.2, 0) is 14.4 Å². The molecule has 0 radical (unpaired) electrons. The van der Waals surface area contributed by atoms with Crippen LogP contribution in [0.1, 0.15) is 12.8 Å². The maximum absolute atomic E-state index is 11.9. The van der Waals surface area contributed by atoms with Gasteiger partial charge in [-0.15, -0.1) is 0 Å². The van der Waals surface area contributed by atoms with E-state index >= 15 is 0 Å².